The first kappa shape index (κ1) is 35.4. The van der Waals surface area contributed by atoms with Crippen LogP contribution in [0, 0.1) is 85.9 Å². The monoisotopic (exact) mass is 595 g/mol. The van der Waals surface area contributed by atoms with Gasteiger partial charge in [-0.1, -0.05) is 75.0 Å². The minimum Gasteiger partial charge on any atom is -0.361 e. The van der Waals surface area contributed by atoms with Crippen LogP contribution >= 0.6 is 23.2 Å². The summed E-state index contributed by atoms with van der Waals surface area (Å²) in [4.78, 5) is 29.2. The lowest BCUT2D eigenvalue weighted by Crippen LogP contribution is -2.18. The molecule has 1 aliphatic carbocycles. The summed E-state index contributed by atoms with van der Waals surface area (Å²) in [6.45, 7) is 6.57. The smallest absolute Gasteiger partial charge is 0.270 e. The highest BCUT2D eigenvalue weighted by Gasteiger charge is 2.33. The van der Waals surface area contributed by atoms with Crippen LogP contribution in [0.15, 0.2) is 63.7 Å². The van der Waals surface area contributed by atoms with Gasteiger partial charge in [-0.3, -0.25) is 9.59 Å². The molecule has 0 saturated carbocycles. The van der Waals surface area contributed by atoms with E-state index in [1.54, 1.807) is 42.5 Å². The number of benzene rings is 1. The summed E-state index contributed by atoms with van der Waals surface area (Å²) in [5.41, 5.74) is -0.837. The third kappa shape index (κ3) is 9.32. The van der Waals surface area contributed by atoms with Crippen molar-refractivity contribution >= 4 is 51.7 Å². The lowest BCUT2D eigenvalue weighted by atomic mass is 9.96. The number of nitriles is 7. The number of Topliss-reactive ketones (excluding diaryl/α,β-unsaturated/α-hetero) is 2. The summed E-state index contributed by atoms with van der Waals surface area (Å²) >= 11 is 10.8. The SMILES string of the molecule is C.C.N#CC(C#N)=c1ccc(=C(C#N)C#N)cc1.N#CC1=C(C#N)C(=O)C(Cl)=C(Cl)C1=O.[2H][2H].[C-]#[N+]c1cccc(C#N)n1. The van der Waals surface area contributed by atoms with Crippen molar-refractivity contribution in [3.63, 3.8) is 0 Å². The van der Waals surface area contributed by atoms with Gasteiger partial charge in [-0.05, 0) is 12.1 Å². The molecule has 0 spiro atoms. The van der Waals surface area contributed by atoms with E-state index in [9.17, 15) is 9.59 Å². The first-order chi connectivity index (χ1) is 20.2. The van der Waals surface area contributed by atoms with Crippen molar-refractivity contribution in [2.75, 3.05) is 0 Å². The molecule has 3 rings (SSSR count). The highest BCUT2D eigenvalue weighted by atomic mass is 35.5. The largest absolute Gasteiger partial charge is 0.361 e. The molecule has 0 radical (unpaired) electrons. The van der Waals surface area contributed by atoms with Crippen molar-refractivity contribution in [2.45, 2.75) is 14.9 Å². The van der Waals surface area contributed by atoms with Gasteiger partial charge in [0, 0.05) is 13.4 Å². The number of carbonyl (C=O) groups excluding carboxylic acids is 2. The number of rotatable bonds is 0. The zero-order chi connectivity index (χ0) is 32.2. The zero-order valence-corrected chi connectivity index (χ0v) is 21.2. The average molecular weight is 596 g/mol. The molecule has 0 aliphatic heterocycles. The number of halogens is 2. The number of carbonyl (C=O) groups is 2. The normalized spacial score (nSPS) is 10.6. The summed E-state index contributed by atoms with van der Waals surface area (Å²) in [5.74, 6) is -1.52. The Morgan fingerprint density at radius 1 is 0.714 bits per heavy atom. The molecular weight excluding hydrogens is 577 g/mol. The van der Waals surface area contributed by atoms with Crippen LogP contribution in [0.1, 0.15) is 23.5 Å². The molecular formula is C29H17Cl2N9O2. The Morgan fingerprint density at radius 3 is 1.38 bits per heavy atom. The van der Waals surface area contributed by atoms with E-state index in [1.807, 2.05) is 6.07 Å². The fraction of sp³-hybridized carbons (Fsp3) is 0.0690. The molecule has 0 bridgehead atoms. The van der Waals surface area contributed by atoms with Crippen molar-refractivity contribution in [1.82, 2.24) is 4.98 Å². The highest BCUT2D eigenvalue weighted by molar-refractivity contribution is 6.59. The third-order valence-electron chi connectivity index (χ3n) is 4.39. The maximum Gasteiger partial charge on any atom is 0.270 e. The second-order valence-corrected chi connectivity index (χ2v) is 7.39. The molecule has 42 heavy (non-hydrogen) atoms. The molecule has 0 atom stereocenters. The Morgan fingerprint density at radius 2 is 1.10 bits per heavy atom. The van der Waals surface area contributed by atoms with Crippen LogP contribution in [0.2, 0.25) is 0 Å². The second-order valence-electron chi connectivity index (χ2n) is 6.64. The maximum atomic E-state index is 11.2. The number of allylic oxidation sites excluding steroid dienone is 4. The Labute approximate surface area is 254 Å². The first-order valence-electron chi connectivity index (χ1n) is 11.1. The van der Waals surface area contributed by atoms with Crippen molar-refractivity contribution in [1.29, 1.82) is 36.8 Å². The van der Waals surface area contributed by atoms with E-state index in [0.717, 1.165) is 0 Å². The van der Waals surface area contributed by atoms with Crippen molar-refractivity contribution in [3.05, 3.63) is 91.2 Å². The van der Waals surface area contributed by atoms with Crippen molar-refractivity contribution in [3.8, 4) is 42.5 Å². The van der Waals surface area contributed by atoms with Crippen LogP contribution in [0.4, 0.5) is 5.82 Å². The third-order valence-corrected chi connectivity index (χ3v) is 5.21. The summed E-state index contributed by atoms with van der Waals surface area (Å²) in [7, 11) is 0. The first-order valence-corrected chi connectivity index (χ1v) is 10.8. The Bertz CT molecular complexity index is 1770. The van der Waals surface area contributed by atoms with Gasteiger partial charge in [-0.2, -0.15) is 36.8 Å². The molecule has 2 aromatic rings. The highest BCUT2D eigenvalue weighted by Crippen LogP contribution is 2.28. The number of hydrogen-bond donors (Lipinski definition) is 0. The maximum absolute atomic E-state index is 11.2. The molecule has 1 heterocycles. The molecule has 0 N–H and O–H groups in total. The van der Waals surface area contributed by atoms with Crippen LogP contribution < -0.4 is 10.4 Å². The van der Waals surface area contributed by atoms with Gasteiger partial charge >= 0.3 is 0 Å². The average Bonchev–Trinajstić information content (AvgIpc) is 3.05. The van der Waals surface area contributed by atoms with E-state index < -0.39 is 32.8 Å². The van der Waals surface area contributed by atoms with E-state index in [-0.39, 0.29) is 37.5 Å². The summed E-state index contributed by atoms with van der Waals surface area (Å²) in [5, 5.41) is 59.8. The van der Waals surface area contributed by atoms with Crippen LogP contribution in [0.25, 0.3) is 16.0 Å². The minimum absolute atomic E-state index is 0. The van der Waals surface area contributed by atoms with Crippen LogP contribution in [0.5, 0.6) is 0 Å². The number of aromatic nitrogens is 1. The van der Waals surface area contributed by atoms with Crippen LogP contribution in [-0.4, -0.2) is 16.6 Å². The topological polar surface area (TPSA) is 218 Å². The zero-order valence-electron chi connectivity index (χ0n) is 21.6. The molecule has 1 aliphatic rings. The van der Waals surface area contributed by atoms with Crippen molar-refractivity contribution in [2.24, 2.45) is 0 Å². The van der Waals surface area contributed by atoms with E-state index >= 15 is 0 Å². The number of hydrogen-bond acceptors (Lipinski definition) is 10. The lowest BCUT2D eigenvalue weighted by Gasteiger charge is -2.08. The van der Waals surface area contributed by atoms with E-state index in [4.69, 9.17) is 69.6 Å². The minimum atomic E-state index is -0.893. The summed E-state index contributed by atoms with van der Waals surface area (Å²) in [6.07, 6.45) is 0. The summed E-state index contributed by atoms with van der Waals surface area (Å²) < 4.78 is 10.0. The molecule has 0 fully saturated rings. The van der Waals surface area contributed by atoms with Crippen LogP contribution in [0.3, 0.4) is 0 Å². The van der Waals surface area contributed by atoms with Gasteiger partial charge in [0.25, 0.3) is 5.82 Å². The predicted octanol–water partition coefficient (Wildman–Crippen LogP) is 4.28. The molecule has 11 nitrogen and oxygen atoms in total. The second kappa shape index (κ2) is 18.6. The van der Waals surface area contributed by atoms with Crippen LogP contribution in [-0.2, 0) is 9.59 Å². The summed E-state index contributed by atoms with van der Waals surface area (Å²) in [6, 6.07) is 22.7. The number of nitrogens with zero attached hydrogens (tertiary/aromatic N) is 9. The van der Waals surface area contributed by atoms with Gasteiger partial charge in [0.1, 0.15) is 74.8 Å². The molecule has 0 amide bonds. The molecule has 204 valence electrons. The standard InChI is InChI=1S/C12H4N4.C8Cl2N2O2.C7H3N3.2CH4.H2/c13-5-11(6-14)9-1-2-10(4-3-9)12(7-15)8-16;9-5-6(10)8(14)4(2-12)3(1-11)7(5)13;1-9-7-4-2-3-6(5-8)10-7;;;/h1-4H;;2-4H;2*1H4;1H/i;;;;;1+1D. The Hall–Kier alpha value is -6.57. The van der Waals surface area contributed by atoms with E-state index in [2.05, 4.69) is 9.83 Å². The van der Waals surface area contributed by atoms with Gasteiger partial charge in [0.05, 0.1) is 0 Å². The molecule has 13 heteroatoms. The molecule has 0 unspecified atom stereocenters. The van der Waals surface area contributed by atoms with Gasteiger partial charge in [0.15, 0.2) is 0 Å². The molecule has 1 aromatic heterocycles. The van der Waals surface area contributed by atoms with Gasteiger partial charge in [-0.15, -0.1) is 4.98 Å². The quantitative estimate of drug-likeness (QED) is 0.310. The van der Waals surface area contributed by atoms with E-state index in [0.29, 0.717) is 10.4 Å². The predicted molar refractivity (Wildman–Crippen MR) is 153 cm³/mol. The van der Waals surface area contributed by atoms with Gasteiger partial charge in [-0.25, -0.2) is 0 Å². The number of ketones is 2. The number of pyridine rings is 1. The molecule has 0 saturated heterocycles. The molecule has 1 aromatic carbocycles. The Kier molecular flexibility index (Phi) is 15.7. The fourth-order valence-electron chi connectivity index (χ4n) is 2.52. The fourth-order valence-corrected chi connectivity index (χ4v) is 2.88. The van der Waals surface area contributed by atoms with Crippen molar-refractivity contribution < 1.29 is 12.6 Å². The lowest BCUT2D eigenvalue weighted by molar-refractivity contribution is -0.115. The van der Waals surface area contributed by atoms with Gasteiger partial charge in [0.2, 0.25) is 17.3 Å². The Balaban J connectivity index is -0.000000556. The van der Waals surface area contributed by atoms with Gasteiger partial charge < -0.3 is 4.85 Å². The van der Waals surface area contributed by atoms with E-state index in [1.165, 1.54) is 36.4 Å².